The molecule has 1 aromatic rings. The molecule has 0 aliphatic heterocycles. The summed E-state index contributed by atoms with van der Waals surface area (Å²) in [6.07, 6.45) is 0. The predicted octanol–water partition coefficient (Wildman–Crippen LogP) is 1.25. The van der Waals surface area contributed by atoms with Crippen LogP contribution in [0.3, 0.4) is 0 Å². The Morgan fingerprint density at radius 2 is 1.47 bits per heavy atom. The molecule has 19 heavy (non-hydrogen) atoms. The molecule has 0 aromatic heterocycles. The first-order valence-electron chi connectivity index (χ1n) is 5.77. The molecule has 0 radical (unpaired) electrons. The van der Waals surface area contributed by atoms with Crippen molar-refractivity contribution < 1.29 is 24.2 Å². The molecule has 5 nitrogen and oxygen atoms in total. The standard InChI is InChI=1S/C14H18O5/c1-13(2,11(15)18-3)14(17,12(16)19-4)10-8-6-5-7-9-10/h5-9,17H,1-4H3. The van der Waals surface area contributed by atoms with Crippen molar-refractivity contribution in [2.45, 2.75) is 19.4 Å². The third-order valence-corrected chi connectivity index (χ3v) is 3.27. The van der Waals surface area contributed by atoms with E-state index in [1.807, 2.05) is 0 Å². The third kappa shape index (κ3) is 2.33. The third-order valence-electron chi connectivity index (χ3n) is 3.27. The predicted molar refractivity (Wildman–Crippen MR) is 68.2 cm³/mol. The molecule has 104 valence electrons. The molecule has 0 bridgehead atoms. The van der Waals surface area contributed by atoms with E-state index in [0.29, 0.717) is 0 Å². The first kappa shape index (κ1) is 15.2. The number of rotatable bonds is 4. The van der Waals surface area contributed by atoms with Gasteiger partial charge in [0, 0.05) is 0 Å². The van der Waals surface area contributed by atoms with Crippen molar-refractivity contribution >= 4 is 11.9 Å². The summed E-state index contributed by atoms with van der Waals surface area (Å²) in [7, 11) is 2.36. The molecule has 0 amide bonds. The number of aliphatic hydroxyl groups is 1. The Kier molecular flexibility index (Phi) is 4.32. The molecule has 5 heteroatoms. The lowest BCUT2D eigenvalue weighted by atomic mass is 9.70. The Morgan fingerprint density at radius 3 is 1.89 bits per heavy atom. The Hall–Kier alpha value is -1.88. The Labute approximate surface area is 112 Å². The largest absolute Gasteiger partial charge is 0.469 e. The quantitative estimate of drug-likeness (QED) is 0.830. The van der Waals surface area contributed by atoms with Crippen molar-refractivity contribution in [1.29, 1.82) is 0 Å². The summed E-state index contributed by atoms with van der Waals surface area (Å²) in [6, 6.07) is 8.18. The van der Waals surface area contributed by atoms with Gasteiger partial charge in [-0.3, -0.25) is 4.79 Å². The maximum Gasteiger partial charge on any atom is 0.343 e. The monoisotopic (exact) mass is 266 g/mol. The van der Waals surface area contributed by atoms with Crippen molar-refractivity contribution in [2.75, 3.05) is 14.2 Å². The fraction of sp³-hybridized carbons (Fsp3) is 0.429. The highest BCUT2D eigenvalue weighted by atomic mass is 16.5. The van der Waals surface area contributed by atoms with Gasteiger partial charge >= 0.3 is 11.9 Å². The zero-order valence-electron chi connectivity index (χ0n) is 11.5. The van der Waals surface area contributed by atoms with Crippen LogP contribution in [-0.4, -0.2) is 31.3 Å². The van der Waals surface area contributed by atoms with Crippen LogP contribution in [-0.2, 0) is 24.7 Å². The van der Waals surface area contributed by atoms with Crippen molar-refractivity contribution in [3.05, 3.63) is 35.9 Å². The number of carbonyl (C=O) groups is 2. The molecule has 0 aliphatic rings. The number of esters is 2. The number of hydrogen-bond donors (Lipinski definition) is 1. The van der Waals surface area contributed by atoms with E-state index in [1.165, 1.54) is 21.0 Å². The maximum absolute atomic E-state index is 12.0. The second kappa shape index (κ2) is 5.40. The number of ether oxygens (including phenoxy) is 2. The smallest absolute Gasteiger partial charge is 0.343 e. The van der Waals surface area contributed by atoms with Crippen LogP contribution in [0.5, 0.6) is 0 Å². The summed E-state index contributed by atoms with van der Waals surface area (Å²) in [5, 5.41) is 10.8. The lowest BCUT2D eigenvalue weighted by Crippen LogP contribution is -2.53. The number of hydrogen-bond acceptors (Lipinski definition) is 5. The second-order valence-corrected chi connectivity index (χ2v) is 4.68. The van der Waals surface area contributed by atoms with E-state index in [4.69, 9.17) is 0 Å². The number of methoxy groups -OCH3 is 2. The Balaban J connectivity index is 3.45. The second-order valence-electron chi connectivity index (χ2n) is 4.68. The minimum Gasteiger partial charge on any atom is -0.469 e. The van der Waals surface area contributed by atoms with E-state index in [2.05, 4.69) is 9.47 Å². The van der Waals surface area contributed by atoms with Crippen LogP contribution in [0.2, 0.25) is 0 Å². The summed E-state index contributed by atoms with van der Waals surface area (Å²) in [5.74, 6) is -1.61. The molecule has 1 N–H and O–H groups in total. The van der Waals surface area contributed by atoms with Crippen molar-refractivity contribution in [2.24, 2.45) is 5.41 Å². The zero-order chi connectivity index (χ0) is 14.7. The lowest BCUT2D eigenvalue weighted by molar-refractivity contribution is -0.191. The van der Waals surface area contributed by atoms with Crippen LogP contribution >= 0.6 is 0 Å². The van der Waals surface area contributed by atoms with E-state index in [1.54, 1.807) is 30.3 Å². The van der Waals surface area contributed by atoms with Gasteiger partial charge in [0.15, 0.2) is 0 Å². The fourth-order valence-corrected chi connectivity index (χ4v) is 1.96. The SMILES string of the molecule is COC(=O)C(C)(C)C(O)(C(=O)OC)c1ccccc1. The summed E-state index contributed by atoms with van der Waals surface area (Å²) in [5.41, 5.74) is -3.33. The zero-order valence-corrected chi connectivity index (χ0v) is 11.5. The van der Waals surface area contributed by atoms with E-state index in [9.17, 15) is 14.7 Å². The van der Waals surface area contributed by atoms with Gasteiger partial charge in [-0.1, -0.05) is 30.3 Å². The molecule has 1 rings (SSSR count). The van der Waals surface area contributed by atoms with Gasteiger partial charge in [-0.05, 0) is 19.4 Å². The van der Waals surface area contributed by atoms with Gasteiger partial charge in [0.05, 0.1) is 14.2 Å². The van der Waals surface area contributed by atoms with Crippen molar-refractivity contribution in [3.8, 4) is 0 Å². The normalized spacial score (nSPS) is 14.4. The number of carbonyl (C=O) groups excluding carboxylic acids is 2. The van der Waals surface area contributed by atoms with Crippen molar-refractivity contribution in [1.82, 2.24) is 0 Å². The van der Waals surface area contributed by atoms with Crippen LogP contribution in [0.15, 0.2) is 30.3 Å². The lowest BCUT2D eigenvalue weighted by Gasteiger charge is -2.38. The van der Waals surface area contributed by atoms with Crippen LogP contribution in [0.1, 0.15) is 19.4 Å². The van der Waals surface area contributed by atoms with Crippen molar-refractivity contribution in [3.63, 3.8) is 0 Å². The topological polar surface area (TPSA) is 72.8 Å². The molecule has 0 spiro atoms. The minimum absolute atomic E-state index is 0.275. The minimum atomic E-state index is -2.11. The highest BCUT2D eigenvalue weighted by Gasteiger charge is 2.57. The Morgan fingerprint density at radius 1 is 1.00 bits per heavy atom. The Bertz CT molecular complexity index is 466. The first-order chi connectivity index (χ1) is 8.82. The summed E-state index contributed by atoms with van der Waals surface area (Å²) < 4.78 is 9.32. The highest BCUT2D eigenvalue weighted by molar-refractivity contribution is 5.90. The van der Waals surface area contributed by atoms with E-state index < -0.39 is 23.0 Å². The maximum atomic E-state index is 12.0. The van der Waals surface area contributed by atoms with E-state index in [0.717, 1.165) is 7.11 Å². The molecular formula is C14H18O5. The average Bonchev–Trinajstić information content (AvgIpc) is 2.45. The fourth-order valence-electron chi connectivity index (χ4n) is 1.96. The van der Waals surface area contributed by atoms with Crippen LogP contribution < -0.4 is 0 Å². The molecule has 1 aromatic carbocycles. The molecule has 0 saturated heterocycles. The van der Waals surface area contributed by atoms with Gasteiger partial charge in [-0.25, -0.2) is 4.79 Å². The number of benzene rings is 1. The molecular weight excluding hydrogens is 248 g/mol. The van der Waals surface area contributed by atoms with Gasteiger partial charge in [-0.2, -0.15) is 0 Å². The van der Waals surface area contributed by atoms with Crippen LogP contribution in [0.4, 0.5) is 0 Å². The molecule has 0 fully saturated rings. The highest BCUT2D eigenvalue weighted by Crippen LogP contribution is 2.41. The van der Waals surface area contributed by atoms with Gasteiger partial charge in [-0.15, -0.1) is 0 Å². The van der Waals surface area contributed by atoms with Gasteiger partial charge in [0.1, 0.15) is 5.41 Å². The van der Waals surface area contributed by atoms with Gasteiger partial charge in [0.2, 0.25) is 5.60 Å². The summed E-state index contributed by atoms with van der Waals surface area (Å²) >= 11 is 0. The molecule has 0 heterocycles. The summed E-state index contributed by atoms with van der Waals surface area (Å²) in [4.78, 5) is 23.9. The van der Waals surface area contributed by atoms with Crippen LogP contribution in [0.25, 0.3) is 0 Å². The summed E-state index contributed by atoms with van der Waals surface area (Å²) in [6.45, 7) is 2.87. The molecule has 0 saturated carbocycles. The first-order valence-corrected chi connectivity index (χ1v) is 5.77. The van der Waals surface area contributed by atoms with Gasteiger partial charge < -0.3 is 14.6 Å². The average molecular weight is 266 g/mol. The van der Waals surface area contributed by atoms with Crippen LogP contribution in [0, 0.1) is 5.41 Å². The molecule has 1 atom stereocenters. The van der Waals surface area contributed by atoms with E-state index in [-0.39, 0.29) is 5.56 Å². The molecule has 0 aliphatic carbocycles. The molecule has 1 unspecified atom stereocenters. The van der Waals surface area contributed by atoms with Gasteiger partial charge in [0.25, 0.3) is 0 Å². The van der Waals surface area contributed by atoms with E-state index >= 15 is 0 Å².